The highest BCUT2D eigenvalue weighted by atomic mass is 79.9. The molecule has 0 amide bonds. The average molecular weight is 314 g/mol. The predicted molar refractivity (Wildman–Crippen MR) is 81.6 cm³/mol. The van der Waals surface area contributed by atoms with Gasteiger partial charge in [-0.3, -0.25) is 4.90 Å². The largest absolute Gasteiger partial charge is 0.379 e. The van der Waals surface area contributed by atoms with Crippen LogP contribution in [0.5, 0.6) is 0 Å². The zero-order chi connectivity index (χ0) is 13.5. The van der Waals surface area contributed by atoms with E-state index in [0.717, 1.165) is 31.6 Å². The molecule has 0 heterocycles. The molecule has 0 radical (unpaired) electrons. The van der Waals surface area contributed by atoms with E-state index in [1.165, 1.54) is 22.3 Å². The molecule has 0 saturated carbocycles. The van der Waals surface area contributed by atoms with Crippen molar-refractivity contribution in [3.05, 3.63) is 34.4 Å². The molecule has 0 bridgehead atoms. The molecule has 0 fully saturated rings. The van der Waals surface area contributed by atoms with Crippen molar-refractivity contribution < 1.29 is 4.74 Å². The Bertz CT molecular complexity index is 356. The molecule has 0 spiro atoms. The molecular weight excluding hydrogens is 290 g/mol. The number of nitrogens with zero attached hydrogens (tertiary/aromatic N) is 1. The molecule has 0 N–H and O–H groups in total. The minimum atomic E-state index is 0.788. The van der Waals surface area contributed by atoms with Crippen LogP contribution in [0.1, 0.15) is 22.3 Å². The van der Waals surface area contributed by atoms with Crippen LogP contribution in [0.25, 0.3) is 0 Å². The molecule has 0 saturated heterocycles. The van der Waals surface area contributed by atoms with Crippen molar-refractivity contribution in [2.24, 2.45) is 0 Å². The first-order chi connectivity index (χ1) is 8.54. The van der Waals surface area contributed by atoms with E-state index < -0.39 is 0 Å². The van der Waals surface area contributed by atoms with Crippen molar-refractivity contribution in [3.8, 4) is 0 Å². The Morgan fingerprint density at radius 3 is 2.28 bits per heavy atom. The average Bonchev–Trinajstić information content (AvgIpc) is 2.29. The maximum absolute atomic E-state index is 5.48. The maximum Gasteiger partial charge on any atom is 0.0593 e. The molecule has 0 aliphatic rings. The topological polar surface area (TPSA) is 12.5 Å². The quantitative estimate of drug-likeness (QED) is 0.564. The van der Waals surface area contributed by atoms with E-state index in [4.69, 9.17) is 4.74 Å². The number of likely N-dealkylation sites (N-methyl/N-ethyl adjacent to an activating group) is 1. The van der Waals surface area contributed by atoms with E-state index in [9.17, 15) is 0 Å². The van der Waals surface area contributed by atoms with Gasteiger partial charge in [-0.1, -0.05) is 33.6 Å². The Morgan fingerprint density at radius 2 is 1.72 bits per heavy atom. The Hall–Kier alpha value is -0.380. The van der Waals surface area contributed by atoms with E-state index in [2.05, 4.69) is 60.8 Å². The summed E-state index contributed by atoms with van der Waals surface area (Å²) >= 11 is 3.36. The van der Waals surface area contributed by atoms with E-state index in [0.29, 0.717) is 0 Å². The Kier molecular flexibility index (Phi) is 6.90. The number of aryl methyl sites for hydroxylation is 3. The number of hydrogen-bond donors (Lipinski definition) is 0. The molecule has 0 aromatic heterocycles. The molecule has 1 aromatic carbocycles. The first kappa shape index (κ1) is 15.7. The van der Waals surface area contributed by atoms with Crippen LogP contribution in [0.4, 0.5) is 0 Å². The highest BCUT2D eigenvalue weighted by molar-refractivity contribution is 9.09. The summed E-state index contributed by atoms with van der Waals surface area (Å²) in [4.78, 5) is 2.32. The van der Waals surface area contributed by atoms with Gasteiger partial charge in [0, 0.05) is 18.4 Å². The van der Waals surface area contributed by atoms with E-state index in [1.807, 2.05) is 0 Å². The first-order valence-corrected chi connectivity index (χ1v) is 7.55. The summed E-state index contributed by atoms with van der Waals surface area (Å²) in [5.74, 6) is 0. The third-order valence-electron chi connectivity index (χ3n) is 3.11. The van der Waals surface area contributed by atoms with Crippen molar-refractivity contribution in [2.75, 3.05) is 32.1 Å². The fourth-order valence-electron chi connectivity index (χ4n) is 2.19. The maximum atomic E-state index is 5.48. The lowest BCUT2D eigenvalue weighted by Gasteiger charge is -2.20. The summed E-state index contributed by atoms with van der Waals surface area (Å²) < 4.78 is 5.48. The fraction of sp³-hybridized carbons (Fsp3) is 0.600. The number of rotatable bonds is 7. The smallest absolute Gasteiger partial charge is 0.0593 e. The molecule has 18 heavy (non-hydrogen) atoms. The van der Waals surface area contributed by atoms with Crippen LogP contribution in [0.2, 0.25) is 0 Å². The van der Waals surface area contributed by atoms with Crippen LogP contribution < -0.4 is 0 Å². The van der Waals surface area contributed by atoms with Gasteiger partial charge in [0.2, 0.25) is 0 Å². The first-order valence-electron chi connectivity index (χ1n) is 6.43. The van der Waals surface area contributed by atoms with Crippen molar-refractivity contribution >= 4 is 15.9 Å². The summed E-state index contributed by atoms with van der Waals surface area (Å²) in [6.07, 6.45) is 0. The molecule has 0 unspecified atom stereocenters. The van der Waals surface area contributed by atoms with Crippen LogP contribution in [-0.2, 0) is 11.3 Å². The number of halogens is 1. The number of hydrogen-bond acceptors (Lipinski definition) is 2. The molecule has 102 valence electrons. The fourth-order valence-corrected chi connectivity index (χ4v) is 2.41. The van der Waals surface area contributed by atoms with Gasteiger partial charge >= 0.3 is 0 Å². The summed E-state index contributed by atoms with van der Waals surface area (Å²) in [7, 11) is 2.15. The lowest BCUT2D eigenvalue weighted by Crippen LogP contribution is -2.24. The van der Waals surface area contributed by atoms with Crippen LogP contribution >= 0.6 is 15.9 Å². The Balaban J connectivity index is 2.51. The Labute approximate surface area is 119 Å². The van der Waals surface area contributed by atoms with Crippen molar-refractivity contribution in [2.45, 2.75) is 27.3 Å². The number of ether oxygens (including phenoxy) is 1. The van der Waals surface area contributed by atoms with Gasteiger partial charge in [-0.15, -0.1) is 0 Å². The second kappa shape index (κ2) is 7.93. The van der Waals surface area contributed by atoms with Crippen molar-refractivity contribution in [1.82, 2.24) is 4.90 Å². The molecule has 2 nitrogen and oxygen atoms in total. The second-order valence-corrected chi connectivity index (χ2v) is 5.71. The van der Waals surface area contributed by atoms with Gasteiger partial charge in [0.1, 0.15) is 0 Å². The van der Waals surface area contributed by atoms with Gasteiger partial charge in [-0.2, -0.15) is 0 Å². The highest BCUT2D eigenvalue weighted by Gasteiger charge is 2.07. The van der Waals surface area contributed by atoms with Crippen molar-refractivity contribution in [1.29, 1.82) is 0 Å². The summed E-state index contributed by atoms with van der Waals surface area (Å²) in [6.45, 7) is 10.1. The van der Waals surface area contributed by atoms with Gasteiger partial charge in [0.25, 0.3) is 0 Å². The molecule has 0 aliphatic heterocycles. The van der Waals surface area contributed by atoms with Crippen LogP contribution in [0, 0.1) is 20.8 Å². The minimum Gasteiger partial charge on any atom is -0.379 e. The lowest BCUT2D eigenvalue weighted by molar-refractivity contribution is 0.122. The van der Waals surface area contributed by atoms with E-state index >= 15 is 0 Å². The zero-order valence-corrected chi connectivity index (χ0v) is 13.5. The normalized spacial score (nSPS) is 11.2. The molecule has 1 rings (SSSR count). The molecule has 0 aliphatic carbocycles. The molecule has 1 aromatic rings. The van der Waals surface area contributed by atoms with Crippen molar-refractivity contribution in [3.63, 3.8) is 0 Å². The van der Waals surface area contributed by atoms with Crippen LogP contribution in [0.3, 0.4) is 0 Å². The SMILES string of the molecule is Cc1cc(C)c(CN(C)CCOCCBr)c(C)c1. The summed E-state index contributed by atoms with van der Waals surface area (Å²) in [5, 5.41) is 0.910. The van der Waals surface area contributed by atoms with Crippen LogP contribution in [0.15, 0.2) is 12.1 Å². The number of alkyl halides is 1. The van der Waals surface area contributed by atoms with Gasteiger partial charge in [-0.25, -0.2) is 0 Å². The summed E-state index contributed by atoms with van der Waals surface area (Å²) in [6, 6.07) is 4.52. The third-order valence-corrected chi connectivity index (χ3v) is 3.43. The second-order valence-electron chi connectivity index (χ2n) is 4.92. The Morgan fingerprint density at radius 1 is 1.11 bits per heavy atom. The third kappa shape index (κ3) is 5.09. The minimum absolute atomic E-state index is 0.788. The van der Waals surface area contributed by atoms with Crippen LogP contribution in [-0.4, -0.2) is 37.0 Å². The lowest BCUT2D eigenvalue weighted by atomic mass is 9.99. The van der Waals surface area contributed by atoms with Gasteiger partial charge in [-0.05, 0) is 44.5 Å². The number of benzene rings is 1. The monoisotopic (exact) mass is 313 g/mol. The van der Waals surface area contributed by atoms with E-state index in [1.54, 1.807) is 0 Å². The molecule has 0 atom stereocenters. The van der Waals surface area contributed by atoms with Gasteiger partial charge in [0.05, 0.1) is 13.2 Å². The zero-order valence-electron chi connectivity index (χ0n) is 11.9. The summed E-state index contributed by atoms with van der Waals surface area (Å²) in [5.41, 5.74) is 5.57. The standard InChI is InChI=1S/C15H24BrNO/c1-12-9-13(2)15(14(3)10-12)11-17(4)6-8-18-7-5-16/h9-10H,5-8,11H2,1-4H3. The van der Waals surface area contributed by atoms with Gasteiger partial charge < -0.3 is 4.74 Å². The van der Waals surface area contributed by atoms with E-state index in [-0.39, 0.29) is 0 Å². The molecular formula is C15H24BrNO. The predicted octanol–water partition coefficient (Wildman–Crippen LogP) is 3.46. The van der Waals surface area contributed by atoms with Gasteiger partial charge in [0.15, 0.2) is 0 Å². The molecule has 3 heteroatoms. The highest BCUT2D eigenvalue weighted by Crippen LogP contribution is 2.17.